The lowest BCUT2D eigenvalue weighted by Gasteiger charge is -2.13. The third-order valence-electron chi connectivity index (χ3n) is 1.96. The molecule has 2 unspecified atom stereocenters. The van der Waals surface area contributed by atoms with Gasteiger partial charge in [0.05, 0.1) is 12.7 Å². The van der Waals surface area contributed by atoms with Crippen LogP contribution in [0.1, 0.15) is 11.7 Å². The van der Waals surface area contributed by atoms with E-state index in [-0.39, 0.29) is 10.7 Å². The summed E-state index contributed by atoms with van der Waals surface area (Å²) >= 11 is 5.81. The number of nitrogens with zero attached hydrogens (tertiary/aromatic N) is 1. The van der Waals surface area contributed by atoms with Gasteiger partial charge in [-0.25, -0.2) is 9.78 Å². The summed E-state index contributed by atoms with van der Waals surface area (Å²) in [5, 5.41) is 10.7. The van der Waals surface area contributed by atoms with Crippen molar-refractivity contribution in [3.05, 3.63) is 35.1 Å². The lowest BCUT2D eigenvalue weighted by molar-refractivity contribution is -0.137. The van der Waals surface area contributed by atoms with Crippen LogP contribution in [0.2, 0.25) is 5.15 Å². The van der Waals surface area contributed by atoms with Crippen LogP contribution in [0.15, 0.2) is 24.4 Å². The first-order valence-electron chi connectivity index (χ1n) is 4.33. The number of aliphatic hydroxyl groups excluding tert-OH is 1. The third-order valence-corrected chi connectivity index (χ3v) is 2.59. The summed E-state index contributed by atoms with van der Waals surface area (Å²) in [7, 11) is 3.64. The number of esters is 1. The van der Waals surface area contributed by atoms with E-state index in [4.69, 9.17) is 11.6 Å². The molecule has 0 bridgehead atoms. The highest BCUT2D eigenvalue weighted by molar-refractivity contribution is 7.27. The summed E-state index contributed by atoms with van der Waals surface area (Å²) < 4.78 is 4.46. The zero-order valence-corrected chi connectivity index (χ0v) is 10.5. The molecule has 1 N–H and O–H groups in total. The van der Waals surface area contributed by atoms with Crippen molar-refractivity contribution >= 4 is 32.1 Å². The molecular weight excluding hydrogens is 249 g/mol. The fraction of sp³-hybridized carbons (Fsp3) is 0.200. The van der Waals surface area contributed by atoms with Crippen molar-refractivity contribution in [1.82, 2.24) is 4.98 Å². The summed E-state index contributed by atoms with van der Waals surface area (Å²) in [4.78, 5) is 15.0. The van der Waals surface area contributed by atoms with Gasteiger partial charge in [-0.3, -0.25) is 0 Å². The van der Waals surface area contributed by atoms with Crippen LogP contribution in [0.25, 0.3) is 0 Å². The van der Waals surface area contributed by atoms with Crippen LogP contribution in [-0.4, -0.2) is 23.2 Å². The number of hydrogen-bond acceptors (Lipinski definition) is 4. The molecule has 0 saturated carbocycles. The maximum absolute atomic E-state index is 11.2. The van der Waals surface area contributed by atoms with Crippen LogP contribution in [0.4, 0.5) is 0 Å². The summed E-state index contributed by atoms with van der Waals surface area (Å²) in [5.41, 5.74) is 0.242. The summed E-state index contributed by atoms with van der Waals surface area (Å²) in [5.74, 6) is -0.683. The van der Waals surface area contributed by atoms with Gasteiger partial charge in [-0.15, -0.1) is 9.24 Å². The van der Waals surface area contributed by atoms with E-state index in [0.717, 1.165) is 5.30 Å². The zero-order chi connectivity index (χ0) is 12.3. The standard InChI is InChI=1S/C10H11ClNO3P/c1-5(10(14)15-2)8(13)7-3-6(16)4-12-9(7)11/h3-4,8,13H,1,16H2,2H3. The molecule has 1 aromatic heterocycles. The van der Waals surface area contributed by atoms with Gasteiger partial charge in [0.2, 0.25) is 0 Å². The molecule has 16 heavy (non-hydrogen) atoms. The van der Waals surface area contributed by atoms with E-state index >= 15 is 0 Å². The molecule has 4 nitrogen and oxygen atoms in total. The molecule has 1 rings (SSSR count). The molecule has 6 heteroatoms. The number of aliphatic hydroxyl groups is 1. The van der Waals surface area contributed by atoms with Gasteiger partial charge in [-0.05, 0) is 11.4 Å². The summed E-state index contributed by atoms with van der Waals surface area (Å²) in [6, 6.07) is 1.61. The average molecular weight is 260 g/mol. The molecule has 1 heterocycles. The van der Waals surface area contributed by atoms with Gasteiger partial charge in [0.1, 0.15) is 11.3 Å². The van der Waals surface area contributed by atoms with Gasteiger partial charge < -0.3 is 9.84 Å². The second-order valence-corrected chi connectivity index (χ2v) is 4.09. The van der Waals surface area contributed by atoms with Crippen molar-refractivity contribution in [3.63, 3.8) is 0 Å². The van der Waals surface area contributed by atoms with Gasteiger partial charge in [0.15, 0.2) is 0 Å². The molecule has 0 aliphatic carbocycles. The minimum atomic E-state index is -1.21. The van der Waals surface area contributed by atoms with E-state index in [0.29, 0.717) is 5.56 Å². The predicted molar refractivity (Wildman–Crippen MR) is 64.7 cm³/mol. The maximum atomic E-state index is 11.2. The normalized spacial score (nSPS) is 12.0. The van der Waals surface area contributed by atoms with Crippen molar-refractivity contribution in [2.75, 3.05) is 7.11 Å². The zero-order valence-electron chi connectivity index (χ0n) is 8.61. The fourth-order valence-corrected chi connectivity index (χ4v) is 1.57. The first-order valence-corrected chi connectivity index (χ1v) is 5.29. The van der Waals surface area contributed by atoms with Gasteiger partial charge in [-0.2, -0.15) is 0 Å². The van der Waals surface area contributed by atoms with Crippen molar-refractivity contribution in [1.29, 1.82) is 0 Å². The second kappa shape index (κ2) is 5.39. The molecule has 0 aliphatic heterocycles. The minimum Gasteiger partial charge on any atom is -0.466 e. The molecule has 86 valence electrons. The number of rotatable bonds is 3. The summed E-state index contributed by atoms with van der Waals surface area (Å²) in [6.07, 6.45) is 0.317. The molecule has 1 aromatic rings. The van der Waals surface area contributed by atoms with E-state index in [9.17, 15) is 9.90 Å². The van der Waals surface area contributed by atoms with Gasteiger partial charge >= 0.3 is 5.97 Å². The SMILES string of the molecule is C=C(C(=O)OC)C(O)c1cc(P)cnc1Cl. The Morgan fingerprint density at radius 1 is 1.75 bits per heavy atom. The molecule has 0 aliphatic rings. The van der Waals surface area contributed by atoms with Crippen molar-refractivity contribution in [3.8, 4) is 0 Å². The highest BCUT2D eigenvalue weighted by Gasteiger charge is 2.21. The Bertz CT molecular complexity index is 436. The molecule has 0 saturated heterocycles. The van der Waals surface area contributed by atoms with Gasteiger partial charge in [0.25, 0.3) is 0 Å². The number of carbonyl (C=O) groups is 1. The Hall–Kier alpha value is -0.960. The number of halogens is 1. The first kappa shape index (κ1) is 13.1. The highest BCUT2D eigenvalue weighted by atomic mass is 35.5. The van der Waals surface area contributed by atoms with Crippen molar-refractivity contribution < 1.29 is 14.6 Å². The maximum Gasteiger partial charge on any atom is 0.336 e. The highest BCUT2D eigenvalue weighted by Crippen LogP contribution is 2.25. The monoisotopic (exact) mass is 259 g/mol. The number of methoxy groups -OCH3 is 1. The van der Waals surface area contributed by atoms with Crippen molar-refractivity contribution in [2.24, 2.45) is 0 Å². The van der Waals surface area contributed by atoms with Gasteiger partial charge in [0, 0.05) is 11.8 Å². The van der Waals surface area contributed by atoms with E-state index in [1.54, 1.807) is 6.07 Å². The number of hydrogen-bond donors (Lipinski definition) is 1. The fourth-order valence-electron chi connectivity index (χ4n) is 1.10. The van der Waals surface area contributed by atoms with Crippen LogP contribution in [-0.2, 0) is 9.53 Å². The van der Waals surface area contributed by atoms with Crippen LogP contribution < -0.4 is 5.30 Å². The van der Waals surface area contributed by atoms with E-state index in [1.165, 1.54) is 13.3 Å². The number of pyridine rings is 1. The van der Waals surface area contributed by atoms with E-state index < -0.39 is 12.1 Å². The Balaban J connectivity index is 3.04. The quantitative estimate of drug-likeness (QED) is 0.381. The lowest BCUT2D eigenvalue weighted by atomic mass is 10.1. The third kappa shape index (κ3) is 2.79. The number of ether oxygens (including phenoxy) is 1. The Kier molecular flexibility index (Phi) is 4.42. The van der Waals surface area contributed by atoms with Crippen LogP contribution in [0.5, 0.6) is 0 Å². The van der Waals surface area contributed by atoms with E-state index in [1.807, 2.05) is 0 Å². The first-order chi connectivity index (χ1) is 7.47. The number of aromatic nitrogens is 1. The van der Waals surface area contributed by atoms with Crippen LogP contribution in [0.3, 0.4) is 0 Å². The molecule has 0 amide bonds. The minimum absolute atomic E-state index is 0.0817. The molecule has 2 atom stereocenters. The largest absolute Gasteiger partial charge is 0.466 e. The molecule has 0 fully saturated rings. The topological polar surface area (TPSA) is 59.4 Å². The smallest absolute Gasteiger partial charge is 0.336 e. The number of carbonyl (C=O) groups excluding carboxylic acids is 1. The molecule has 0 aromatic carbocycles. The Morgan fingerprint density at radius 3 is 2.94 bits per heavy atom. The van der Waals surface area contributed by atoms with Gasteiger partial charge in [-0.1, -0.05) is 18.2 Å². The van der Waals surface area contributed by atoms with Crippen LogP contribution in [0, 0.1) is 0 Å². The van der Waals surface area contributed by atoms with Crippen LogP contribution >= 0.6 is 20.8 Å². The lowest BCUT2D eigenvalue weighted by Crippen LogP contribution is -2.14. The van der Waals surface area contributed by atoms with E-state index in [2.05, 4.69) is 25.5 Å². The molecule has 0 radical (unpaired) electrons. The summed E-state index contributed by atoms with van der Waals surface area (Å²) in [6.45, 7) is 3.45. The van der Waals surface area contributed by atoms with Crippen molar-refractivity contribution in [2.45, 2.75) is 6.10 Å². The second-order valence-electron chi connectivity index (χ2n) is 3.07. The Labute approximate surface area is 100 Å². The molecular formula is C10H11ClNO3P. The predicted octanol–water partition coefficient (Wildman–Crippen LogP) is 0.998. The average Bonchev–Trinajstić information content (AvgIpc) is 2.29. The molecule has 0 spiro atoms. The Morgan fingerprint density at radius 2 is 2.38 bits per heavy atom.